The second kappa shape index (κ2) is 13.6. The van der Waals surface area contributed by atoms with Gasteiger partial charge in [0.15, 0.2) is 0 Å². The molecule has 220 valence electrons. The molecule has 0 spiro atoms. The number of aromatic amines is 2. The molecule has 0 aliphatic carbocycles. The number of nitrogens with zero attached hydrogens (tertiary/aromatic N) is 1. The molecule has 4 aromatic rings. The third kappa shape index (κ3) is 7.15. The molecule has 7 N–H and O–H groups in total. The van der Waals surface area contributed by atoms with Gasteiger partial charge in [-0.2, -0.15) is 5.10 Å². The van der Waals surface area contributed by atoms with Gasteiger partial charge < -0.3 is 31.1 Å². The summed E-state index contributed by atoms with van der Waals surface area (Å²) in [5.41, 5.74) is 3.90. The summed E-state index contributed by atoms with van der Waals surface area (Å²) in [4.78, 5) is 39.3. The fourth-order valence-electron chi connectivity index (χ4n) is 4.20. The number of hydrogen-bond acceptors (Lipinski definition) is 6. The van der Waals surface area contributed by atoms with Crippen LogP contribution in [0.2, 0.25) is 10.0 Å². The largest absolute Gasteiger partial charge is 0.394 e. The van der Waals surface area contributed by atoms with E-state index in [2.05, 4.69) is 31.1 Å². The summed E-state index contributed by atoms with van der Waals surface area (Å²) in [6, 6.07) is 8.89. The van der Waals surface area contributed by atoms with Gasteiger partial charge >= 0.3 is 0 Å². The molecule has 0 aliphatic heterocycles. The number of halogens is 3. The van der Waals surface area contributed by atoms with Crippen LogP contribution in [0.4, 0.5) is 4.39 Å². The highest BCUT2D eigenvalue weighted by Crippen LogP contribution is 2.33. The zero-order chi connectivity index (χ0) is 30.4. The number of benzene rings is 2. The van der Waals surface area contributed by atoms with Crippen molar-refractivity contribution in [3.8, 4) is 22.4 Å². The molecule has 14 heteroatoms. The van der Waals surface area contributed by atoms with Gasteiger partial charge in [-0.15, -0.1) is 0 Å². The number of aromatic nitrogens is 3. The second-order valence-corrected chi connectivity index (χ2v) is 10.1. The average molecular weight is 617 g/mol. The maximum Gasteiger partial charge on any atom is 0.268 e. The summed E-state index contributed by atoms with van der Waals surface area (Å²) in [5.74, 6) is -2.10. The van der Waals surface area contributed by atoms with Crippen LogP contribution in [0.1, 0.15) is 34.6 Å². The summed E-state index contributed by atoms with van der Waals surface area (Å²) >= 11 is 12.3. The minimum atomic E-state index is -1.07. The first-order valence-corrected chi connectivity index (χ1v) is 13.4. The Labute approximate surface area is 249 Å². The maximum absolute atomic E-state index is 13.5. The Bertz CT molecular complexity index is 1610. The van der Waals surface area contributed by atoms with Gasteiger partial charge in [-0.05, 0) is 41.0 Å². The van der Waals surface area contributed by atoms with E-state index in [0.717, 1.165) is 6.07 Å². The van der Waals surface area contributed by atoms with E-state index in [1.54, 1.807) is 36.7 Å². The lowest BCUT2D eigenvalue weighted by atomic mass is 10.0. The molecule has 0 saturated heterocycles. The number of amides is 3. The maximum atomic E-state index is 13.5. The minimum Gasteiger partial charge on any atom is -0.394 e. The Morgan fingerprint density at radius 1 is 1.00 bits per heavy atom. The van der Waals surface area contributed by atoms with Gasteiger partial charge in [0.05, 0.1) is 36.2 Å². The fourth-order valence-corrected chi connectivity index (χ4v) is 4.63. The van der Waals surface area contributed by atoms with Gasteiger partial charge in [-0.3, -0.25) is 19.5 Å². The molecule has 2 aromatic carbocycles. The standard InChI is InChI=1S/C28H27Cl2FN6O5/c1-14(40)35-25(13-39)27(41)33-9-17-3-2-15(6-20(17)29)19-11-34-37-26(19)18-8-23(32-10-18)28(42)36-24(12-38)16-4-5-22(31)21(30)7-16/h2-8,10-11,24-25,32,38-39H,9,12-13H2,1H3,(H,33,41)(H,34,37)(H,35,40)(H,36,42). The Morgan fingerprint density at radius 3 is 2.45 bits per heavy atom. The van der Waals surface area contributed by atoms with Crippen molar-refractivity contribution < 1.29 is 29.0 Å². The third-order valence-corrected chi connectivity index (χ3v) is 7.02. The molecule has 0 aliphatic rings. The van der Waals surface area contributed by atoms with Crippen LogP contribution < -0.4 is 16.0 Å². The number of carbonyl (C=O) groups excluding carboxylic acids is 3. The topological polar surface area (TPSA) is 172 Å². The lowest BCUT2D eigenvalue weighted by molar-refractivity contribution is -0.129. The number of nitrogens with one attached hydrogen (secondary N) is 5. The molecule has 4 rings (SSSR count). The number of carbonyl (C=O) groups is 3. The first kappa shape index (κ1) is 30.7. The van der Waals surface area contributed by atoms with Crippen molar-refractivity contribution in [1.29, 1.82) is 0 Å². The Morgan fingerprint density at radius 2 is 1.79 bits per heavy atom. The molecule has 0 saturated carbocycles. The number of aliphatic hydroxyl groups is 2. The van der Waals surface area contributed by atoms with E-state index < -0.39 is 48.8 Å². The molecule has 2 unspecified atom stereocenters. The van der Waals surface area contributed by atoms with E-state index in [9.17, 15) is 29.0 Å². The number of hydrogen-bond donors (Lipinski definition) is 7. The van der Waals surface area contributed by atoms with E-state index in [1.165, 1.54) is 19.1 Å². The molecular formula is C28H27Cl2FN6O5. The molecular weight excluding hydrogens is 590 g/mol. The van der Waals surface area contributed by atoms with Crippen molar-refractivity contribution in [2.45, 2.75) is 25.6 Å². The van der Waals surface area contributed by atoms with Gasteiger partial charge in [0.2, 0.25) is 11.8 Å². The minimum absolute atomic E-state index is 0.0710. The van der Waals surface area contributed by atoms with Crippen molar-refractivity contribution in [3.63, 3.8) is 0 Å². The molecule has 2 atom stereocenters. The Hall–Kier alpha value is -4.23. The summed E-state index contributed by atoms with van der Waals surface area (Å²) in [6.07, 6.45) is 3.22. The molecule has 2 heterocycles. The molecule has 42 heavy (non-hydrogen) atoms. The highest BCUT2D eigenvalue weighted by Gasteiger charge is 2.21. The number of rotatable bonds is 11. The Balaban J connectivity index is 1.46. The van der Waals surface area contributed by atoms with Gasteiger partial charge in [0, 0.05) is 35.8 Å². The molecule has 0 radical (unpaired) electrons. The van der Waals surface area contributed by atoms with Crippen molar-refractivity contribution in [1.82, 2.24) is 31.1 Å². The van der Waals surface area contributed by atoms with Gasteiger partial charge in [0.1, 0.15) is 17.6 Å². The third-order valence-electron chi connectivity index (χ3n) is 6.38. The van der Waals surface area contributed by atoms with Crippen molar-refractivity contribution in [2.75, 3.05) is 13.2 Å². The SMILES string of the molecule is CC(=O)NC(CO)C(=O)NCc1ccc(-c2cn[nH]c2-c2c[nH]c(C(=O)NC(CO)c3ccc(F)c(Cl)c3)c2)cc1Cl. The molecule has 11 nitrogen and oxygen atoms in total. The predicted octanol–water partition coefficient (Wildman–Crippen LogP) is 3.09. The van der Waals surface area contributed by atoms with E-state index >= 15 is 0 Å². The zero-order valence-corrected chi connectivity index (χ0v) is 23.7. The lowest BCUT2D eigenvalue weighted by Gasteiger charge is -2.16. The van der Waals surface area contributed by atoms with Crippen LogP contribution in [0.5, 0.6) is 0 Å². The molecule has 2 aromatic heterocycles. The lowest BCUT2D eigenvalue weighted by Crippen LogP contribution is -2.48. The van der Waals surface area contributed by atoms with Crippen LogP contribution >= 0.6 is 23.2 Å². The summed E-state index contributed by atoms with van der Waals surface area (Å²) in [6.45, 7) is 0.346. The number of aliphatic hydroxyl groups excluding tert-OH is 2. The Kier molecular flexibility index (Phi) is 9.96. The molecule has 0 fully saturated rings. The van der Waals surface area contributed by atoms with Gasteiger partial charge in [0.25, 0.3) is 5.91 Å². The number of H-pyrrole nitrogens is 2. The van der Waals surface area contributed by atoms with Crippen LogP contribution in [0.3, 0.4) is 0 Å². The van der Waals surface area contributed by atoms with E-state index in [4.69, 9.17) is 23.2 Å². The van der Waals surface area contributed by atoms with Crippen LogP contribution in [-0.2, 0) is 16.1 Å². The van der Waals surface area contributed by atoms with Crippen LogP contribution in [0.15, 0.2) is 54.9 Å². The van der Waals surface area contributed by atoms with Crippen LogP contribution in [-0.4, -0.2) is 62.4 Å². The van der Waals surface area contributed by atoms with Crippen molar-refractivity contribution >= 4 is 40.9 Å². The van der Waals surface area contributed by atoms with E-state index in [0.29, 0.717) is 38.5 Å². The second-order valence-electron chi connectivity index (χ2n) is 9.30. The van der Waals surface area contributed by atoms with E-state index in [-0.39, 0.29) is 17.3 Å². The highest BCUT2D eigenvalue weighted by molar-refractivity contribution is 6.31. The summed E-state index contributed by atoms with van der Waals surface area (Å²) in [7, 11) is 0. The predicted molar refractivity (Wildman–Crippen MR) is 154 cm³/mol. The van der Waals surface area contributed by atoms with Gasteiger partial charge in [-0.25, -0.2) is 4.39 Å². The van der Waals surface area contributed by atoms with Gasteiger partial charge in [-0.1, -0.05) is 41.4 Å². The zero-order valence-electron chi connectivity index (χ0n) is 22.2. The normalized spacial score (nSPS) is 12.4. The average Bonchev–Trinajstić information content (AvgIpc) is 3.65. The van der Waals surface area contributed by atoms with Crippen molar-refractivity contribution in [2.24, 2.45) is 0 Å². The molecule has 0 bridgehead atoms. The monoisotopic (exact) mass is 616 g/mol. The smallest absolute Gasteiger partial charge is 0.268 e. The quantitative estimate of drug-likeness (QED) is 0.136. The van der Waals surface area contributed by atoms with Crippen LogP contribution in [0.25, 0.3) is 22.4 Å². The highest BCUT2D eigenvalue weighted by atomic mass is 35.5. The summed E-state index contributed by atoms with van der Waals surface area (Å²) in [5, 5.41) is 34.1. The van der Waals surface area contributed by atoms with Crippen molar-refractivity contribution in [3.05, 3.63) is 87.5 Å². The fraction of sp³-hybridized carbons (Fsp3) is 0.214. The van der Waals surface area contributed by atoms with E-state index in [1.807, 2.05) is 0 Å². The first-order valence-electron chi connectivity index (χ1n) is 12.6. The van der Waals surface area contributed by atoms with Crippen LogP contribution in [0, 0.1) is 5.82 Å². The summed E-state index contributed by atoms with van der Waals surface area (Å²) < 4.78 is 13.5. The first-order chi connectivity index (χ1) is 20.1. The molecule has 3 amide bonds.